The van der Waals surface area contributed by atoms with Crippen molar-refractivity contribution < 1.29 is 13.9 Å². The van der Waals surface area contributed by atoms with Crippen molar-refractivity contribution in [1.29, 1.82) is 0 Å². The normalized spacial score (nSPS) is 12.0. The Hall–Kier alpha value is -1.26. The molecular formula is C16H15BrClFO2. The molecule has 1 atom stereocenters. The quantitative estimate of drug-likeness (QED) is 0.677. The Bertz CT molecular complexity index is 634. The van der Waals surface area contributed by atoms with E-state index in [4.69, 9.17) is 21.1 Å². The highest BCUT2D eigenvalue weighted by Gasteiger charge is 2.15. The first-order valence-electron chi connectivity index (χ1n) is 6.35. The van der Waals surface area contributed by atoms with Gasteiger partial charge in [-0.15, -0.1) is 11.6 Å². The van der Waals surface area contributed by atoms with Gasteiger partial charge in [0.15, 0.2) is 11.5 Å². The first-order chi connectivity index (χ1) is 10.0. The van der Waals surface area contributed by atoms with Crippen molar-refractivity contribution in [3.8, 4) is 11.5 Å². The number of hydrogen-bond donors (Lipinski definition) is 0. The van der Waals surface area contributed by atoms with Gasteiger partial charge >= 0.3 is 0 Å². The minimum atomic E-state index is -0.340. The lowest BCUT2D eigenvalue weighted by Crippen LogP contribution is -1.99. The highest BCUT2D eigenvalue weighted by atomic mass is 79.9. The van der Waals surface area contributed by atoms with E-state index in [1.54, 1.807) is 20.3 Å². The van der Waals surface area contributed by atoms with Gasteiger partial charge in [-0.1, -0.05) is 22.0 Å². The second-order valence-corrected chi connectivity index (χ2v) is 5.91. The van der Waals surface area contributed by atoms with Crippen LogP contribution < -0.4 is 9.47 Å². The molecule has 0 spiro atoms. The van der Waals surface area contributed by atoms with E-state index in [2.05, 4.69) is 15.9 Å². The van der Waals surface area contributed by atoms with Gasteiger partial charge in [-0.2, -0.15) is 0 Å². The minimum Gasteiger partial charge on any atom is -0.493 e. The molecular weight excluding hydrogens is 359 g/mol. The predicted octanol–water partition coefficient (Wildman–Crippen LogP) is 5.13. The zero-order valence-electron chi connectivity index (χ0n) is 11.7. The number of alkyl halides is 1. The van der Waals surface area contributed by atoms with E-state index in [0.29, 0.717) is 17.9 Å². The fourth-order valence-electron chi connectivity index (χ4n) is 2.08. The highest BCUT2D eigenvalue weighted by molar-refractivity contribution is 9.10. The fraction of sp³-hybridized carbons (Fsp3) is 0.250. The van der Waals surface area contributed by atoms with Crippen molar-refractivity contribution in [2.45, 2.75) is 11.8 Å². The van der Waals surface area contributed by atoms with E-state index in [9.17, 15) is 4.39 Å². The SMILES string of the molecule is COc1ccc(CC(Cl)c2cc(F)ccc2Br)cc1OC. The van der Waals surface area contributed by atoms with Crippen LogP contribution >= 0.6 is 27.5 Å². The lowest BCUT2D eigenvalue weighted by atomic mass is 10.0. The van der Waals surface area contributed by atoms with Gasteiger partial charge in [-0.3, -0.25) is 0 Å². The molecule has 5 heteroatoms. The standard InChI is InChI=1S/C16H15BrClFO2/c1-20-15-6-3-10(8-16(15)21-2)7-14(18)12-9-11(19)4-5-13(12)17/h3-6,8-9,14H,7H2,1-2H3. The Balaban J connectivity index is 2.23. The molecule has 0 radical (unpaired) electrons. The van der Waals surface area contributed by atoms with Crippen molar-refractivity contribution in [2.75, 3.05) is 14.2 Å². The van der Waals surface area contributed by atoms with Gasteiger partial charge in [0.25, 0.3) is 0 Å². The third kappa shape index (κ3) is 3.89. The Morgan fingerprint density at radius 1 is 1.10 bits per heavy atom. The summed E-state index contributed by atoms with van der Waals surface area (Å²) in [5.74, 6) is 1.02. The third-order valence-electron chi connectivity index (χ3n) is 3.16. The molecule has 0 saturated heterocycles. The van der Waals surface area contributed by atoms with Crippen molar-refractivity contribution >= 4 is 27.5 Å². The van der Waals surface area contributed by atoms with Crippen molar-refractivity contribution in [3.05, 3.63) is 57.8 Å². The van der Waals surface area contributed by atoms with E-state index >= 15 is 0 Å². The first kappa shape index (κ1) is 16.1. The van der Waals surface area contributed by atoms with Crippen LogP contribution in [-0.2, 0) is 6.42 Å². The van der Waals surface area contributed by atoms with E-state index in [0.717, 1.165) is 15.6 Å². The molecule has 0 N–H and O–H groups in total. The second-order valence-electron chi connectivity index (χ2n) is 4.53. The van der Waals surface area contributed by atoms with Crippen LogP contribution in [0.1, 0.15) is 16.5 Å². The van der Waals surface area contributed by atoms with Gasteiger partial charge < -0.3 is 9.47 Å². The maximum atomic E-state index is 13.3. The molecule has 1 unspecified atom stereocenters. The van der Waals surface area contributed by atoms with Gasteiger partial charge in [-0.05, 0) is 47.9 Å². The van der Waals surface area contributed by atoms with Gasteiger partial charge in [0.05, 0.1) is 19.6 Å². The summed E-state index contributed by atoms with van der Waals surface area (Å²) in [4.78, 5) is 0. The summed E-state index contributed by atoms with van der Waals surface area (Å²) >= 11 is 9.82. The molecule has 2 nitrogen and oxygen atoms in total. The Morgan fingerprint density at radius 2 is 1.81 bits per heavy atom. The summed E-state index contributed by atoms with van der Waals surface area (Å²) in [5, 5.41) is -0.340. The van der Waals surface area contributed by atoms with Crippen molar-refractivity contribution in [1.82, 2.24) is 0 Å². The van der Waals surface area contributed by atoms with Crippen LogP contribution in [0, 0.1) is 5.82 Å². The second kappa shape index (κ2) is 7.14. The minimum absolute atomic E-state index is 0.300. The van der Waals surface area contributed by atoms with Crippen LogP contribution in [0.5, 0.6) is 11.5 Å². The molecule has 0 aromatic heterocycles. The molecule has 2 rings (SSSR count). The van der Waals surface area contributed by atoms with Crippen molar-refractivity contribution in [2.24, 2.45) is 0 Å². The molecule has 0 aliphatic rings. The molecule has 0 aliphatic carbocycles. The average Bonchev–Trinajstić information content (AvgIpc) is 2.49. The first-order valence-corrected chi connectivity index (χ1v) is 7.58. The van der Waals surface area contributed by atoms with Crippen LogP contribution in [-0.4, -0.2) is 14.2 Å². The zero-order valence-corrected chi connectivity index (χ0v) is 14.0. The van der Waals surface area contributed by atoms with Crippen molar-refractivity contribution in [3.63, 3.8) is 0 Å². The van der Waals surface area contributed by atoms with E-state index < -0.39 is 0 Å². The summed E-state index contributed by atoms with van der Waals surface area (Å²) in [6, 6.07) is 10.1. The van der Waals surface area contributed by atoms with Crippen LogP contribution in [0.15, 0.2) is 40.9 Å². The molecule has 2 aromatic rings. The van der Waals surface area contributed by atoms with Gasteiger partial charge in [0, 0.05) is 4.47 Å². The number of benzene rings is 2. The average molecular weight is 374 g/mol. The lowest BCUT2D eigenvalue weighted by molar-refractivity contribution is 0.354. The summed E-state index contributed by atoms with van der Waals surface area (Å²) in [6.07, 6.45) is 0.559. The summed E-state index contributed by atoms with van der Waals surface area (Å²) in [7, 11) is 3.18. The van der Waals surface area contributed by atoms with Crippen LogP contribution in [0.25, 0.3) is 0 Å². The lowest BCUT2D eigenvalue weighted by Gasteiger charge is -2.14. The Morgan fingerprint density at radius 3 is 2.48 bits per heavy atom. The van der Waals surface area contributed by atoms with Crippen LogP contribution in [0.3, 0.4) is 0 Å². The predicted molar refractivity (Wildman–Crippen MR) is 85.9 cm³/mol. The molecule has 112 valence electrons. The Kier molecular flexibility index (Phi) is 5.48. The van der Waals surface area contributed by atoms with Crippen LogP contribution in [0.4, 0.5) is 4.39 Å². The summed E-state index contributed by atoms with van der Waals surface area (Å²) < 4.78 is 24.6. The van der Waals surface area contributed by atoms with E-state index in [1.165, 1.54) is 12.1 Å². The maximum Gasteiger partial charge on any atom is 0.160 e. The smallest absolute Gasteiger partial charge is 0.160 e. The number of hydrogen-bond acceptors (Lipinski definition) is 2. The molecule has 0 saturated carbocycles. The monoisotopic (exact) mass is 372 g/mol. The molecule has 0 heterocycles. The van der Waals surface area contributed by atoms with Gasteiger partial charge in [0.2, 0.25) is 0 Å². The number of methoxy groups -OCH3 is 2. The number of halogens is 3. The molecule has 21 heavy (non-hydrogen) atoms. The fourth-order valence-corrected chi connectivity index (χ4v) is 3.09. The van der Waals surface area contributed by atoms with E-state index in [-0.39, 0.29) is 11.2 Å². The summed E-state index contributed by atoms with van der Waals surface area (Å²) in [5.41, 5.74) is 1.72. The maximum absolute atomic E-state index is 13.3. The van der Waals surface area contributed by atoms with Gasteiger partial charge in [0.1, 0.15) is 5.82 Å². The third-order valence-corrected chi connectivity index (χ3v) is 4.27. The van der Waals surface area contributed by atoms with E-state index in [1.807, 2.05) is 18.2 Å². The molecule has 0 aliphatic heterocycles. The van der Waals surface area contributed by atoms with Gasteiger partial charge in [-0.25, -0.2) is 4.39 Å². The Labute approximate surface area is 137 Å². The molecule has 0 fully saturated rings. The molecule has 0 bridgehead atoms. The zero-order chi connectivity index (χ0) is 15.4. The molecule has 0 amide bonds. The highest BCUT2D eigenvalue weighted by Crippen LogP contribution is 2.34. The largest absolute Gasteiger partial charge is 0.493 e. The topological polar surface area (TPSA) is 18.5 Å². The van der Waals surface area contributed by atoms with Crippen LogP contribution in [0.2, 0.25) is 0 Å². The number of rotatable bonds is 5. The molecule has 2 aromatic carbocycles. The number of ether oxygens (including phenoxy) is 2. The summed E-state index contributed by atoms with van der Waals surface area (Å²) in [6.45, 7) is 0.